The highest BCUT2D eigenvalue weighted by molar-refractivity contribution is 6.30. The van der Waals surface area contributed by atoms with Gasteiger partial charge in [0.2, 0.25) is 0 Å². The van der Waals surface area contributed by atoms with Crippen molar-refractivity contribution in [3.63, 3.8) is 0 Å². The lowest BCUT2D eigenvalue weighted by molar-refractivity contribution is 0.0504. The van der Waals surface area contributed by atoms with Crippen LogP contribution in [0.4, 0.5) is 4.79 Å². The molecule has 0 bridgehead atoms. The Kier molecular flexibility index (Phi) is 5.89. The SMILES string of the molecule is CC(C)(C)OC(=O)N[C@H]1CCN([C@@H](CN)c2cccc(Cl)c2)C1. The lowest BCUT2D eigenvalue weighted by Gasteiger charge is -2.27. The quantitative estimate of drug-likeness (QED) is 0.885. The molecule has 1 fully saturated rings. The first-order chi connectivity index (χ1) is 10.8. The molecular weight excluding hydrogens is 314 g/mol. The third-order valence-corrected chi connectivity index (χ3v) is 4.07. The first-order valence-electron chi connectivity index (χ1n) is 7.97. The summed E-state index contributed by atoms with van der Waals surface area (Å²) >= 11 is 6.08. The van der Waals surface area contributed by atoms with Gasteiger partial charge >= 0.3 is 6.09 Å². The van der Waals surface area contributed by atoms with Gasteiger partial charge in [0.25, 0.3) is 0 Å². The summed E-state index contributed by atoms with van der Waals surface area (Å²) in [4.78, 5) is 14.2. The summed E-state index contributed by atoms with van der Waals surface area (Å²) in [6.07, 6.45) is 0.521. The van der Waals surface area contributed by atoms with E-state index in [1.165, 1.54) is 0 Å². The number of nitrogens with two attached hydrogens (primary N) is 1. The number of benzene rings is 1. The molecule has 128 valence electrons. The van der Waals surface area contributed by atoms with Crippen LogP contribution in [0, 0.1) is 0 Å². The van der Waals surface area contributed by atoms with Crippen molar-refractivity contribution >= 4 is 17.7 Å². The molecule has 0 unspecified atom stereocenters. The van der Waals surface area contributed by atoms with E-state index in [0.29, 0.717) is 11.6 Å². The zero-order chi connectivity index (χ0) is 17.0. The lowest BCUT2D eigenvalue weighted by atomic mass is 10.1. The lowest BCUT2D eigenvalue weighted by Crippen LogP contribution is -2.41. The number of ether oxygens (including phenoxy) is 1. The molecule has 2 atom stereocenters. The summed E-state index contributed by atoms with van der Waals surface area (Å²) in [7, 11) is 0. The van der Waals surface area contributed by atoms with Gasteiger partial charge < -0.3 is 15.8 Å². The Balaban J connectivity index is 1.94. The molecule has 1 aromatic carbocycles. The zero-order valence-corrected chi connectivity index (χ0v) is 14.8. The number of hydrogen-bond acceptors (Lipinski definition) is 4. The number of alkyl carbamates (subject to hydrolysis) is 1. The van der Waals surface area contributed by atoms with Crippen molar-refractivity contribution in [1.82, 2.24) is 10.2 Å². The van der Waals surface area contributed by atoms with Crippen LogP contribution in [0.25, 0.3) is 0 Å². The van der Waals surface area contributed by atoms with Gasteiger partial charge in [0.15, 0.2) is 0 Å². The van der Waals surface area contributed by atoms with Crippen LogP contribution >= 0.6 is 11.6 Å². The molecular formula is C17H26ClN3O2. The van der Waals surface area contributed by atoms with Gasteiger partial charge in [-0.25, -0.2) is 4.79 Å². The molecule has 0 aliphatic carbocycles. The topological polar surface area (TPSA) is 67.6 Å². The summed E-state index contributed by atoms with van der Waals surface area (Å²) in [5, 5.41) is 3.65. The number of hydrogen-bond donors (Lipinski definition) is 2. The summed E-state index contributed by atoms with van der Waals surface area (Å²) in [5.74, 6) is 0. The van der Waals surface area contributed by atoms with Crippen LogP contribution in [0.1, 0.15) is 38.8 Å². The van der Waals surface area contributed by atoms with Crippen molar-refractivity contribution in [2.45, 2.75) is 44.9 Å². The number of carbonyl (C=O) groups is 1. The van der Waals surface area contributed by atoms with Crippen LogP contribution in [0.3, 0.4) is 0 Å². The highest BCUT2D eigenvalue weighted by Crippen LogP contribution is 2.26. The standard InChI is InChI=1S/C17H26ClN3O2/c1-17(2,3)23-16(22)20-14-7-8-21(11-14)15(10-19)12-5-4-6-13(18)9-12/h4-6,9,14-15H,7-8,10-11,19H2,1-3H3,(H,20,22)/t14-,15-/m0/s1. The summed E-state index contributed by atoms with van der Waals surface area (Å²) < 4.78 is 5.31. The molecule has 0 spiro atoms. The highest BCUT2D eigenvalue weighted by atomic mass is 35.5. The van der Waals surface area contributed by atoms with E-state index in [2.05, 4.69) is 10.2 Å². The van der Waals surface area contributed by atoms with Crippen molar-refractivity contribution in [2.24, 2.45) is 5.73 Å². The van der Waals surface area contributed by atoms with Crippen molar-refractivity contribution in [1.29, 1.82) is 0 Å². The van der Waals surface area contributed by atoms with Crippen LogP contribution in [-0.2, 0) is 4.74 Å². The molecule has 1 aromatic rings. The van der Waals surface area contributed by atoms with Gasteiger partial charge in [-0.1, -0.05) is 23.7 Å². The third-order valence-electron chi connectivity index (χ3n) is 3.84. The maximum Gasteiger partial charge on any atom is 0.407 e. The second-order valence-corrected chi connectivity index (χ2v) is 7.37. The van der Waals surface area contributed by atoms with Crippen LogP contribution in [0.2, 0.25) is 5.02 Å². The van der Waals surface area contributed by atoms with E-state index in [1.54, 1.807) is 0 Å². The van der Waals surface area contributed by atoms with E-state index >= 15 is 0 Å². The van der Waals surface area contributed by atoms with E-state index in [1.807, 2.05) is 45.0 Å². The number of amides is 1. The summed E-state index contributed by atoms with van der Waals surface area (Å²) in [6, 6.07) is 7.98. The predicted octanol–water partition coefficient (Wildman–Crippen LogP) is 2.94. The Morgan fingerprint density at radius 3 is 2.87 bits per heavy atom. The molecule has 1 amide bonds. The van der Waals surface area contributed by atoms with Crippen molar-refractivity contribution < 1.29 is 9.53 Å². The number of rotatable bonds is 4. The fourth-order valence-electron chi connectivity index (χ4n) is 2.87. The van der Waals surface area contributed by atoms with Gasteiger partial charge in [0.05, 0.1) is 0 Å². The second-order valence-electron chi connectivity index (χ2n) is 6.93. The van der Waals surface area contributed by atoms with Gasteiger partial charge in [-0.3, -0.25) is 4.90 Å². The number of carbonyl (C=O) groups excluding carboxylic acids is 1. The van der Waals surface area contributed by atoms with Gasteiger partial charge in [-0.05, 0) is 44.9 Å². The maximum atomic E-state index is 11.9. The molecule has 0 saturated carbocycles. The molecule has 2 rings (SSSR count). The van der Waals surface area contributed by atoms with E-state index < -0.39 is 5.60 Å². The molecule has 6 heteroatoms. The fraction of sp³-hybridized carbons (Fsp3) is 0.588. The van der Waals surface area contributed by atoms with Crippen LogP contribution < -0.4 is 11.1 Å². The first-order valence-corrected chi connectivity index (χ1v) is 8.35. The van der Waals surface area contributed by atoms with E-state index in [-0.39, 0.29) is 18.2 Å². The molecule has 1 aliphatic heterocycles. The van der Waals surface area contributed by atoms with Crippen LogP contribution in [0.15, 0.2) is 24.3 Å². The van der Waals surface area contributed by atoms with Gasteiger partial charge in [-0.15, -0.1) is 0 Å². The van der Waals surface area contributed by atoms with Crippen molar-refractivity contribution in [2.75, 3.05) is 19.6 Å². The number of halogens is 1. The minimum absolute atomic E-state index is 0.0816. The molecule has 23 heavy (non-hydrogen) atoms. The second kappa shape index (κ2) is 7.51. The highest BCUT2D eigenvalue weighted by Gasteiger charge is 2.30. The summed E-state index contributed by atoms with van der Waals surface area (Å²) in [5.41, 5.74) is 6.59. The van der Waals surface area contributed by atoms with E-state index in [4.69, 9.17) is 22.1 Å². The van der Waals surface area contributed by atoms with Crippen molar-refractivity contribution in [3.8, 4) is 0 Å². The molecule has 0 radical (unpaired) electrons. The van der Waals surface area contributed by atoms with E-state index in [9.17, 15) is 4.79 Å². The third kappa shape index (κ3) is 5.37. The molecule has 1 saturated heterocycles. The average molecular weight is 340 g/mol. The Morgan fingerprint density at radius 1 is 1.52 bits per heavy atom. The van der Waals surface area contributed by atoms with E-state index in [0.717, 1.165) is 25.1 Å². The fourth-order valence-corrected chi connectivity index (χ4v) is 3.07. The molecule has 5 nitrogen and oxygen atoms in total. The van der Waals surface area contributed by atoms with Crippen LogP contribution in [-0.4, -0.2) is 42.3 Å². The minimum Gasteiger partial charge on any atom is -0.444 e. The van der Waals surface area contributed by atoms with Gasteiger partial charge in [-0.2, -0.15) is 0 Å². The molecule has 0 aromatic heterocycles. The maximum absolute atomic E-state index is 11.9. The number of nitrogens with zero attached hydrogens (tertiary/aromatic N) is 1. The molecule has 1 aliphatic rings. The molecule has 3 N–H and O–H groups in total. The Hall–Kier alpha value is -1.30. The normalized spacial score (nSPS) is 20.3. The van der Waals surface area contributed by atoms with Gasteiger partial charge in [0.1, 0.15) is 5.60 Å². The number of likely N-dealkylation sites (tertiary alicyclic amines) is 1. The van der Waals surface area contributed by atoms with Gasteiger partial charge in [0, 0.05) is 36.7 Å². The molecule has 1 heterocycles. The monoisotopic (exact) mass is 339 g/mol. The Bertz CT molecular complexity index is 545. The summed E-state index contributed by atoms with van der Waals surface area (Å²) in [6.45, 7) is 7.73. The Labute approximate surface area is 143 Å². The largest absolute Gasteiger partial charge is 0.444 e. The van der Waals surface area contributed by atoms with Crippen LogP contribution in [0.5, 0.6) is 0 Å². The smallest absolute Gasteiger partial charge is 0.407 e. The first kappa shape index (κ1) is 18.0. The Morgan fingerprint density at radius 2 is 2.26 bits per heavy atom. The zero-order valence-electron chi connectivity index (χ0n) is 14.0. The average Bonchev–Trinajstić information content (AvgIpc) is 2.85. The predicted molar refractivity (Wildman–Crippen MR) is 92.6 cm³/mol. The number of nitrogens with one attached hydrogen (secondary N) is 1. The minimum atomic E-state index is -0.483. The van der Waals surface area contributed by atoms with Crippen molar-refractivity contribution in [3.05, 3.63) is 34.9 Å².